The number of para-hydroxylation sites is 1. The number of pyridine rings is 1. The van der Waals surface area contributed by atoms with Crippen LogP contribution < -0.4 is 5.32 Å². The van der Waals surface area contributed by atoms with Gasteiger partial charge in [0.2, 0.25) is 0 Å². The summed E-state index contributed by atoms with van der Waals surface area (Å²) in [5, 5.41) is 3.28. The van der Waals surface area contributed by atoms with Crippen molar-refractivity contribution in [3.05, 3.63) is 58.4 Å². The zero-order valence-electron chi connectivity index (χ0n) is 11.6. The quantitative estimate of drug-likeness (QED) is 0.860. The van der Waals surface area contributed by atoms with Gasteiger partial charge in [0.15, 0.2) is 0 Å². The summed E-state index contributed by atoms with van der Waals surface area (Å²) in [5.41, 5.74) is 3.47. The van der Waals surface area contributed by atoms with Gasteiger partial charge in [-0.05, 0) is 36.1 Å². The number of rotatable bonds is 4. The first-order chi connectivity index (χ1) is 9.65. The average Bonchev–Trinajstić information content (AvgIpc) is 2.47. The van der Waals surface area contributed by atoms with Gasteiger partial charge < -0.3 is 5.32 Å². The maximum Gasteiger partial charge on any atom is 0.274 e. The Morgan fingerprint density at radius 1 is 1.10 bits per heavy atom. The van der Waals surface area contributed by atoms with E-state index >= 15 is 0 Å². The van der Waals surface area contributed by atoms with Crippen molar-refractivity contribution in [1.82, 2.24) is 4.98 Å². The predicted molar refractivity (Wildman–Crippen MR) is 82.4 cm³/mol. The summed E-state index contributed by atoms with van der Waals surface area (Å²) in [6.45, 7) is 4.14. The van der Waals surface area contributed by atoms with Crippen molar-refractivity contribution < 1.29 is 4.79 Å². The van der Waals surface area contributed by atoms with Crippen LogP contribution in [0.15, 0.2) is 36.4 Å². The van der Waals surface area contributed by atoms with Gasteiger partial charge in [0.25, 0.3) is 5.91 Å². The summed E-state index contributed by atoms with van der Waals surface area (Å²) in [5.74, 6) is -0.233. The first kappa shape index (κ1) is 14.5. The lowest BCUT2D eigenvalue weighted by atomic mass is 10.0. The molecule has 104 valence electrons. The Bertz CT molecular complexity index is 603. The molecular formula is C16H17ClN2O. The van der Waals surface area contributed by atoms with Gasteiger partial charge in [0.1, 0.15) is 10.8 Å². The third-order valence-corrected chi connectivity index (χ3v) is 3.40. The van der Waals surface area contributed by atoms with E-state index in [2.05, 4.69) is 24.1 Å². The summed E-state index contributed by atoms with van der Waals surface area (Å²) in [6.07, 6.45) is 1.73. The van der Waals surface area contributed by atoms with Crippen molar-refractivity contribution in [2.75, 3.05) is 5.32 Å². The number of aromatic nitrogens is 1. The van der Waals surface area contributed by atoms with Gasteiger partial charge in [-0.1, -0.05) is 49.7 Å². The molecule has 0 fully saturated rings. The lowest BCUT2D eigenvalue weighted by Crippen LogP contribution is -2.16. The number of nitrogens with zero attached hydrogens (tertiary/aromatic N) is 1. The molecule has 0 aliphatic carbocycles. The van der Waals surface area contributed by atoms with E-state index in [9.17, 15) is 4.79 Å². The number of carbonyl (C=O) groups is 1. The van der Waals surface area contributed by atoms with Crippen molar-refractivity contribution >= 4 is 23.2 Å². The van der Waals surface area contributed by atoms with Crippen LogP contribution in [-0.4, -0.2) is 10.9 Å². The molecule has 0 radical (unpaired) electrons. The molecule has 4 heteroatoms. The zero-order chi connectivity index (χ0) is 14.5. The molecule has 20 heavy (non-hydrogen) atoms. The number of benzene rings is 1. The molecule has 2 rings (SSSR count). The van der Waals surface area contributed by atoms with Crippen LogP contribution in [0.25, 0.3) is 0 Å². The summed E-state index contributed by atoms with van der Waals surface area (Å²) < 4.78 is 0. The van der Waals surface area contributed by atoms with Crippen LogP contribution in [-0.2, 0) is 12.8 Å². The Labute approximate surface area is 124 Å². The molecule has 0 bridgehead atoms. The van der Waals surface area contributed by atoms with Crippen molar-refractivity contribution in [3.8, 4) is 0 Å². The van der Waals surface area contributed by atoms with Gasteiger partial charge in [0, 0.05) is 5.69 Å². The number of aryl methyl sites for hydroxylation is 2. The highest BCUT2D eigenvalue weighted by Gasteiger charge is 2.12. The van der Waals surface area contributed by atoms with Crippen LogP contribution in [0.5, 0.6) is 0 Å². The van der Waals surface area contributed by atoms with Crippen LogP contribution in [0.4, 0.5) is 5.69 Å². The van der Waals surface area contributed by atoms with Gasteiger partial charge >= 0.3 is 0 Å². The summed E-state index contributed by atoms with van der Waals surface area (Å²) in [7, 11) is 0. The Balaban J connectivity index is 2.32. The Morgan fingerprint density at radius 2 is 1.70 bits per heavy atom. The topological polar surface area (TPSA) is 42.0 Å². The summed E-state index contributed by atoms with van der Waals surface area (Å²) >= 11 is 5.82. The summed E-state index contributed by atoms with van der Waals surface area (Å²) in [4.78, 5) is 16.3. The fraction of sp³-hybridized carbons (Fsp3) is 0.250. The molecule has 0 aliphatic rings. The van der Waals surface area contributed by atoms with E-state index in [1.807, 2.05) is 18.2 Å². The normalized spacial score (nSPS) is 10.3. The molecular weight excluding hydrogens is 272 g/mol. The van der Waals surface area contributed by atoms with Crippen molar-refractivity contribution in [2.24, 2.45) is 0 Å². The number of hydrogen-bond acceptors (Lipinski definition) is 2. The minimum atomic E-state index is -0.233. The van der Waals surface area contributed by atoms with E-state index in [-0.39, 0.29) is 5.91 Å². The van der Waals surface area contributed by atoms with E-state index in [0.717, 1.165) is 29.7 Å². The van der Waals surface area contributed by atoms with E-state index < -0.39 is 0 Å². The van der Waals surface area contributed by atoms with Crippen molar-refractivity contribution in [3.63, 3.8) is 0 Å². The van der Waals surface area contributed by atoms with Crippen LogP contribution in [0.1, 0.15) is 35.5 Å². The fourth-order valence-corrected chi connectivity index (χ4v) is 2.28. The first-order valence-electron chi connectivity index (χ1n) is 6.70. The lowest BCUT2D eigenvalue weighted by Gasteiger charge is -2.14. The minimum absolute atomic E-state index is 0.233. The third kappa shape index (κ3) is 3.17. The molecule has 0 saturated carbocycles. The standard InChI is InChI=1S/C16H17ClN2O/c1-3-11-7-5-8-12(4-2)15(11)19-16(20)13-9-6-10-14(17)18-13/h5-10H,3-4H2,1-2H3,(H,19,20). The SMILES string of the molecule is CCc1cccc(CC)c1NC(=O)c1cccc(Cl)n1. The molecule has 0 unspecified atom stereocenters. The number of nitrogens with one attached hydrogen (secondary N) is 1. The van der Waals surface area contributed by atoms with E-state index in [1.165, 1.54) is 0 Å². The highest BCUT2D eigenvalue weighted by molar-refractivity contribution is 6.29. The molecule has 1 aromatic carbocycles. The number of hydrogen-bond donors (Lipinski definition) is 1. The van der Waals surface area contributed by atoms with Gasteiger partial charge in [0.05, 0.1) is 0 Å². The van der Waals surface area contributed by atoms with Crippen molar-refractivity contribution in [2.45, 2.75) is 26.7 Å². The highest BCUT2D eigenvalue weighted by Crippen LogP contribution is 2.23. The molecule has 0 aliphatic heterocycles. The van der Waals surface area contributed by atoms with Gasteiger partial charge in [-0.25, -0.2) is 4.98 Å². The Hall–Kier alpha value is -1.87. The van der Waals surface area contributed by atoms with Crippen LogP contribution in [0.3, 0.4) is 0 Å². The van der Waals surface area contributed by atoms with Crippen LogP contribution in [0.2, 0.25) is 5.15 Å². The Kier molecular flexibility index (Phi) is 4.74. The smallest absolute Gasteiger partial charge is 0.274 e. The molecule has 1 heterocycles. The highest BCUT2D eigenvalue weighted by atomic mass is 35.5. The van der Waals surface area contributed by atoms with Gasteiger partial charge in [-0.2, -0.15) is 0 Å². The van der Waals surface area contributed by atoms with E-state index in [4.69, 9.17) is 11.6 Å². The van der Waals surface area contributed by atoms with Crippen LogP contribution >= 0.6 is 11.6 Å². The number of carbonyl (C=O) groups excluding carboxylic acids is 1. The molecule has 1 N–H and O–H groups in total. The number of halogens is 1. The lowest BCUT2D eigenvalue weighted by molar-refractivity contribution is 0.102. The van der Waals surface area contributed by atoms with Gasteiger partial charge in [-0.3, -0.25) is 4.79 Å². The zero-order valence-corrected chi connectivity index (χ0v) is 12.4. The maximum absolute atomic E-state index is 12.3. The predicted octanol–water partition coefficient (Wildman–Crippen LogP) is 4.11. The van der Waals surface area contributed by atoms with Crippen molar-refractivity contribution in [1.29, 1.82) is 0 Å². The molecule has 1 amide bonds. The van der Waals surface area contributed by atoms with Gasteiger partial charge in [-0.15, -0.1) is 0 Å². The maximum atomic E-state index is 12.3. The number of anilines is 1. The van der Waals surface area contributed by atoms with Crippen LogP contribution in [0, 0.1) is 0 Å². The fourth-order valence-electron chi connectivity index (χ4n) is 2.12. The van der Waals surface area contributed by atoms with E-state index in [1.54, 1.807) is 18.2 Å². The molecule has 0 spiro atoms. The third-order valence-electron chi connectivity index (χ3n) is 3.19. The number of amides is 1. The second-order valence-electron chi connectivity index (χ2n) is 4.46. The monoisotopic (exact) mass is 288 g/mol. The largest absolute Gasteiger partial charge is 0.320 e. The molecule has 3 nitrogen and oxygen atoms in total. The molecule has 1 aromatic heterocycles. The molecule has 0 atom stereocenters. The second kappa shape index (κ2) is 6.53. The Morgan fingerprint density at radius 3 is 2.25 bits per heavy atom. The van der Waals surface area contributed by atoms with E-state index in [0.29, 0.717) is 10.8 Å². The molecule has 2 aromatic rings. The minimum Gasteiger partial charge on any atom is -0.320 e. The average molecular weight is 289 g/mol. The molecule has 0 saturated heterocycles. The second-order valence-corrected chi connectivity index (χ2v) is 4.85. The summed E-state index contributed by atoms with van der Waals surface area (Å²) in [6, 6.07) is 11.1. The first-order valence-corrected chi connectivity index (χ1v) is 7.08.